The molecule has 8 heteroatoms. The molecule has 1 amide bonds. The van der Waals surface area contributed by atoms with E-state index in [4.69, 9.17) is 26.2 Å². The fourth-order valence-corrected chi connectivity index (χ4v) is 3.92. The van der Waals surface area contributed by atoms with Gasteiger partial charge in [0.2, 0.25) is 0 Å². The van der Waals surface area contributed by atoms with Gasteiger partial charge in [-0.1, -0.05) is 29.8 Å². The molecule has 7 nitrogen and oxygen atoms in total. The van der Waals surface area contributed by atoms with Crippen molar-refractivity contribution in [2.75, 3.05) is 46.5 Å². The van der Waals surface area contributed by atoms with E-state index in [-0.39, 0.29) is 5.91 Å². The van der Waals surface area contributed by atoms with Crippen LogP contribution in [0, 0.1) is 0 Å². The third-order valence-electron chi connectivity index (χ3n) is 5.45. The molecule has 1 saturated heterocycles. The molecule has 168 valence electrons. The Morgan fingerprint density at radius 2 is 1.91 bits per heavy atom. The van der Waals surface area contributed by atoms with Crippen molar-refractivity contribution in [3.63, 3.8) is 0 Å². The molecule has 1 aliphatic rings. The summed E-state index contributed by atoms with van der Waals surface area (Å²) in [7, 11) is 1.62. The van der Waals surface area contributed by atoms with Gasteiger partial charge in [-0.2, -0.15) is 5.10 Å². The predicted octanol–water partition coefficient (Wildman–Crippen LogP) is 3.65. The van der Waals surface area contributed by atoms with Gasteiger partial charge in [0.15, 0.2) is 0 Å². The molecular formula is C24H27ClN4O3. The maximum absolute atomic E-state index is 13.1. The van der Waals surface area contributed by atoms with Crippen molar-refractivity contribution in [3.8, 4) is 22.7 Å². The zero-order chi connectivity index (χ0) is 22.3. The Bertz CT molecular complexity index is 1050. The number of aromatic nitrogens is 2. The molecule has 0 atom stereocenters. The van der Waals surface area contributed by atoms with E-state index >= 15 is 0 Å². The summed E-state index contributed by atoms with van der Waals surface area (Å²) < 4.78 is 12.3. The highest BCUT2D eigenvalue weighted by atomic mass is 35.5. The van der Waals surface area contributed by atoms with Crippen molar-refractivity contribution in [1.82, 2.24) is 20.0 Å². The van der Waals surface area contributed by atoms with Crippen molar-refractivity contribution < 1.29 is 14.3 Å². The molecule has 0 spiro atoms. The molecule has 1 aromatic heterocycles. The second kappa shape index (κ2) is 10.6. The number of methoxy groups -OCH3 is 1. The predicted molar refractivity (Wildman–Crippen MR) is 125 cm³/mol. The lowest BCUT2D eigenvalue weighted by atomic mass is 10.1. The number of nitrogens with zero attached hydrogens (tertiary/aromatic N) is 3. The Hall–Kier alpha value is -2.87. The minimum atomic E-state index is -0.173. The highest BCUT2D eigenvalue weighted by Crippen LogP contribution is 2.28. The van der Waals surface area contributed by atoms with Gasteiger partial charge < -0.3 is 14.8 Å². The molecular weight excluding hydrogens is 428 g/mol. The van der Waals surface area contributed by atoms with Crippen molar-refractivity contribution in [3.05, 3.63) is 65.3 Å². The van der Waals surface area contributed by atoms with Crippen LogP contribution in [0.1, 0.15) is 16.9 Å². The summed E-state index contributed by atoms with van der Waals surface area (Å²) in [4.78, 5) is 15.4. The number of ether oxygens (including phenoxy) is 2. The maximum atomic E-state index is 13.1. The largest absolute Gasteiger partial charge is 0.497 e. The fourth-order valence-electron chi connectivity index (χ4n) is 3.68. The van der Waals surface area contributed by atoms with E-state index < -0.39 is 0 Å². The standard InChI is InChI=1S/C24H27ClN4O3/c1-31-19-9-7-18(8-10-19)29-23(17-22(27-29)20-5-2-3-6-21(20)25)24(30)26-11-4-12-28-13-15-32-16-14-28/h2-3,5-10,17H,4,11-16H2,1H3,(H,26,30). The smallest absolute Gasteiger partial charge is 0.270 e. The molecule has 3 aromatic rings. The van der Waals surface area contributed by atoms with Gasteiger partial charge in [-0.25, -0.2) is 4.68 Å². The zero-order valence-electron chi connectivity index (χ0n) is 18.1. The summed E-state index contributed by atoms with van der Waals surface area (Å²) >= 11 is 6.38. The lowest BCUT2D eigenvalue weighted by Gasteiger charge is -2.26. The Labute approximate surface area is 192 Å². The quantitative estimate of drug-likeness (QED) is 0.526. The normalized spacial score (nSPS) is 14.3. The highest BCUT2D eigenvalue weighted by Gasteiger charge is 2.19. The summed E-state index contributed by atoms with van der Waals surface area (Å²) in [6.07, 6.45) is 0.875. The first-order valence-electron chi connectivity index (χ1n) is 10.7. The second-order valence-electron chi connectivity index (χ2n) is 7.57. The summed E-state index contributed by atoms with van der Waals surface area (Å²) in [5.41, 5.74) is 2.65. The molecule has 0 bridgehead atoms. The van der Waals surface area contributed by atoms with Crippen LogP contribution in [-0.4, -0.2) is 67.1 Å². The molecule has 1 N–H and O–H groups in total. The number of morpholine rings is 1. The van der Waals surface area contributed by atoms with E-state index in [0.717, 1.165) is 56.3 Å². The Balaban J connectivity index is 1.53. The van der Waals surface area contributed by atoms with Gasteiger partial charge in [0, 0.05) is 25.2 Å². The van der Waals surface area contributed by atoms with E-state index in [0.29, 0.717) is 23.0 Å². The average Bonchev–Trinajstić information content (AvgIpc) is 3.28. The minimum Gasteiger partial charge on any atom is -0.497 e. The van der Waals surface area contributed by atoms with Crippen LogP contribution in [0.25, 0.3) is 16.9 Å². The highest BCUT2D eigenvalue weighted by molar-refractivity contribution is 6.33. The molecule has 2 aromatic carbocycles. The third-order valence-corrected chi connectivity index (χ3v) is 5.78. The zero-order valence-corrected chi connectivity index (χ0v) is 18.8. The van der Waals surface area contributed by atoms with Crippen molar-refractivity contribution >= 4 is 17.5 Å². The van der Waals surface area contributed by atoms with Crippen LogP contribution in [0.3, 0.4) is 0 Å². The van der Waals surface area contributed by atoms with Gasteiger partial charge in [0.1, 0.15) is 11.4 Å². The van der Waals surface area contributed by atoms with Gasteiger partial charge in [-0.3, -0.25) is 9.69 Å². The molecule has 4 rings (SSSR count). The Kier molecular flexibility index (Phi) is 7.42. The number of hydrogen-bond donors (Lipinski definition) is 1. The molecule has 2 heterocycles. The summed E-state index contributed by atoms with van der Waals surface area (Å²) in [6, 6.07) is 16.7. The number of benzene rings is 2. The van der Waals surface area contributed by atoms with Gasteiger partial charge in [-0.05, 0) is 49.4 Å². The van der Waals surface area contributed by atoms with Gasteiger partial charge >= 0.3 is 0 Å². The molecule has 0 saturated carbocycles. The Morgan fingerprint density at radius 3 is 2.62 bits per heavy atom. The first-order chi connectivity index (χ1) is 15.7. The van der Waals surface area contributed by atoms with E-state index in [1.54, 1.807) is 17.9 Å². The number of nitrogens with one attached hydrogen (secondary N) is 1. The number of carbonyl (C=O) groups is 1. The average molecular weight is 455 g/mol. The van der Waals surface area contributed by atoms with E-state index in [2.05, 4.69) is 10.2 Å². The van der Waals surface area contributed by atoms with Gasteiger partial charge in [0.05, 0.1) is 36.7 Å². The van der Waals surface area contributed by atoms with Crippen LogP contribution in [0.4, 0.5) is 0 Å². The topological polar surface area (TPSA) is 68.6 Å². The summed E-state index contributed by atoms with van der Waals surface area (Å²) in [6.45, 7) is 4.97. The fraction of sp³-hybridized carbons (Fsp3) is 0.333. The third kappa shape index (κ3) is 5.30. The SMILES string of the molecule is COc1ccc(-n2nc(-c3ccccc3Cl)cc2C(=O)NCCCN2CCOCC2)cc1. The molecule has 0 aliphatic carbocycles. The first kappa shape index (κ1) is 22.3. The molecule has 1 fully saturated rings. The van der Waals surface area contributed by atoms with Crippen LogP contribution < -0.4 is 10.1 Å². The lowest BCUT2D eigenvalue weighted by Crippen LogP contribution is -2.38. The molecule has 0 unspecified atom stereocenters. The van der Waals surface area contributed by atoms with Crippen LogP contribution in [0.2, 0.25) is 5.02 Å². The molecule has 1 aliphatic heterocycles. The number of amides is 1. The van der Waals surface area contributed by atoms with E-state index in [9.17, 15) is 4.79 Å². The number of rotatable bonds is 8. The second-order valence-corrected chi connectivity index (χ2v) is 7.98. The van der Waals surface area contributed by atoms with Gasteiger partial charge in [-0.15, -0.1) is 0 Å². The molecule has 32 heavy (non-hydrogen) atoms. The van der Waals surface area contributed by atoms with Crippen LogP contribution in [0.5, 0.6) is 5.75 Å². The summed E-state index contributed by atoms with van der Waals surface area (Å²) in [5.74, 6) is 0.565. The number of halogens is 1. The number of hydrogen-bond acceptors (Lipinski definition) is 5. The Morgan fingerprint density at radius 1 is 1.16 bits per heavy atom. The van der Waals surface area contributed by atoms with Crippen LogP contribution in [0.15, 0.2) is 54.6 Å². The van der Waals surface area contributed by atoms with Crippen molar-refractivity contribution in [1.29, 1.82) is 0 Å². The minimum absolute atomic E-state index is 0.173. The lowest BCUT2D eigenvalue weighted by molar-refractivity contribution is 0.0374. The van der Waals surface area contributed by atoms with Crippen LogP contribution in [-0.2, 0) is 4.74 Å². The monoisotopic (exact) mass is 454 g/mol. The summed E-state index contributed by atoms with van der Waals surface area (Å²) in [5, 5.41) is 8.32. The van der Waals surface area contributed by atoms with E-state index in [1.165, 1.54) is 0 Å². The van der Waals surface area contributed by atoms with Crippen LogP contribution >= 0.6 is 11.6 Å². The molecule has 0 radical (unpaired) electrons. The van der Waals surface area contributed by atoms with E-state index in [1.807, 2.05) is 48.5 Å². The first-order valence-corrected chi connectivity index (χ1v) is 11.1. The maximum Gasteiger partial charge on any atom is 0.270 e. The van der Waals surface area contributed by atoms with Crippen molar-refractivity contribution in [2.45, 2.75) is 6.42 Å². The number of carbonyl (C=O) groups excluding carboxylic acids is 1. The van der Waals surface area contributed by atoms with Crippen molar-refractivity contribution in [2.24, 2.45) is 0 Å². The van der Waals surface area contributed by atoms with Gasteiger partial charge in [0.25, 0.3) is 5.91 Å².